The highest BCUT2D eigenvalue weighted by atomic mass is 32.1. The van der Waals surface area contributed by atoms with Crippen molar-refractivity contribution in [2.45, 2.75) is 27.7 Å². The number of ether oxygens (including phenoxy) is 2. The molecule has 0 bridgehead atoms. The van der Waals surface area contributed by atoms with Crippen molar-refractivity contribution >= 4 is 35.0 Å². The lowest BCUT2D eigenvalue weighted by Crippen LogP contribution is -2.31. The fraction of sp³-hybridized carbons (Fsp3) is 0.471. The highest BCUT2D eigenvalue weighted by Crippen LogP contribution is 2.17. The Morgan fingerprint density at radius 1 is 1.04 bits per heavy atom. The lowest BCUT2D eigenvalue weighted by Gasteiger charge is -2.14. The molecule has 1 rings (SSSR count). The van der Waals surface area contributed by atoms with E-state index in [-0.39, 0.29) is 24.3 Å². The van der Waals surface area contributed by atoms with E-state index in [1.54, 1.807) is 26.0 Å². The standard InChI is InChI=1S/C17H24N2O4S/c1-5-22-15(20)12-7-13(16(21)23-6-2)9-14(8-12)19-17(24)18-10-11(3)4/h7-9,11H,5-6,10H2,1-4H3,(H2,18,19,24). The Labute approximate surface area is 147 Å². The molecule has 0 amide bonds. The number of thiocarbonyl (C=S) groups is 1. The van der Waals surface area contributed by atoms with E-state index in [1.807, 2.05) is 0 Å². The van der Waals surface area contributed by atoms with Crippen LogP contribution in [0.4, 0.5) is 5.69 Å². The second-order valence-corrected chi connectivity index (χ2v) is 5.88. The smallest absolute Gasteiger partial charge is 0.338 e. The van der Waals surface area contributed by atoms with Crippen LogP contribution in [0.2, 0.25) is 0 Å². The van der Waals surface area contributed by atoms with Gasteiger partial charge in [-0.05, 0) is 50.2 Å². The molecule has 0 radical (unpaired) electrons. The Bertz CT molecular complexity index is 566. The summed E-state index contributed by atoms with van der Waals surface area (Å²) in [5.74, 6) is -0.578. The van der Waals surface area contributed by atoms with E-state index in [4.69, 9.17) is 21.7 Å². The van der Waals surface area contributed by atoms with Gasteiger partial charge in [0.25, 0.3) is 0 Å². The second-order valence-electron chi connectivity index (χ2n) is 5.47. The molecule has 132 valence electrons. The first-order valence-corrected chi connectivity index (χ1v) is 8.32. The molecule has 0 aliphatic rings. The van der Waals surface area contributed by atoms with Gasteiger partial charge in [0.1, 0.15) is 0 Å². The molecule has 1 aromatic rings. The van der Waals surface area contributed by atoms with Gasteiger partial charge in [0, 0.05) is 12.2 Å². The third-order valence-corrected chi connectivity index (χ3v) is 3.13. The van der Waals surface area contributed by atoms with Gasteiger partial charge in [-0.25, -0.2) is 9.59 Å². The van der Waals surface area contributed by atoms with Gasteiger partial charge in [-0.3, -0.25) is 0 Å². The summed E-state index contributed by atoms with van der Waals surface area (Å²) in [6.07, 6.45) is 0. The summed E-state index contributed by atoms with van der Waals surface area (Å²) in [4.78, 5) is 24.0. The van der Waals surface area contributed by atoms with Crippen LogP contribution >= 0.6 is 12.2 Å². The summed E-state index contributed by atoms with van der Waals surface area (Å²) >= 11 is 5.22. The Hall–Kier alpha value is -2.15. The molecule has 0 aliphatic carbocycles. The number of hydrogen-bond acceptors (Lipinski definition) is 5. The van der Waals surface area contributed by atoms with Crippen molar-refractivity contribution in [1.82, 2.24) is 5.32 Å². The van der Waals surface area contributed by atoms with Crippen molar-refractivity contribution in [3.05, 3.63) is 29.3 Å². The Balaban J connectivity index is 3.02. The highest BCUT2D eigenvalue weighted by molar-refractivity contribution is 7.80. The molecule has 0 saturated heterocycles. The van der Waals surface area contributed by atoms with E-state index in [9.17, 15) is 9.59 Å². The fourth-order valence-electron chi connectivity index (χ4n) is 1.84. The third-order valence-electron chi connectivity index (χ3n) is 2.88. The summed E-state index contributed by atoms with van der Waals surface area (Å²) in [5, 5.41) is 6.46. The number of rotatable bonds is 7. The Morgan fingerprint density at radius 2 is 1.54 bits per heavy atom. The molecule has 0 heterocycles. The molecule has 24 heavy (non-hydrogen) atoms. The maximum atomic E-state index is 12.0. The predicted octanol–water partition coefficient (Wildman–Crippen LogP) is 2.98. The van der Waals surface area contributed by atoms with Gasteiger partial charge in [-0.2, -0.15) is 0 Å². The Morgan fingerprint density at radius 3 is 1.96 bits per heavy atom. The lowest BCUT2D eigenvalue weighted by atomic mass is 10.1. The van der Waals surface area contributed by atoms with Crippen LogP contribution < -0.4 is 10.6 Å². The zero-order valence-electron chi connectivity index (χ0n) is 14.5. The largest absolute Gasteiger partial charge is 0.462 e. The lowest BCUT2D eigenvalue weighted by molar-refractivity contribution is 0.0525. The van der Waals surface area contributed by atoms with Crippen LogP contribution in [0.3, 0.4) is 0 Å². The molecule has 0 aliphatic heterocycles. The van der Waals surface area contributed by atoms with Crippen molar-refractivity contribution in [3.8, 4) is 0 Å². The number of carbonyl (C=O) groups is 2. The van der Waals surface area contributed by atoms with Gasteiger partial charge in [-0.1, -0.05) is 13.8 Å². The third kappa shape index (κ3) is 6.54. The zero-order chi connectivity index (χ0) is 18.1. The topological polar surface area (TPSA) is 76.7 Å². The average molecular weight is 352 g/mol. The van der Waals surface area contributed by atoms with Crippen LogP contribution in [0, 0.1) is 5.92 Å². The average Bonchev–Trinajstić information content (AvgIpc) is 2.53. The maximum Gasteiger partial charge on any atom is 0.338 e. The number of nitrogens with one attached hydrogen (secondary N) is 2. The molecule has 0 fully saturated rings. The van der Waals surface area contributed by atoms with Gasteiger partial charge in [0.15, 0.2) is 5.11 Å². The van der Waals surface area contributed by atoms with Crippen LogP contribution in [-0.2, 0) is 9.47 Å². The van der Waals surface area contributed by atoms with Crippen LogP contribution in [0.15, 0.2) is 18.2 Å². The summed E-state index contributed by atoms with van der Waals surface area (Å²) < 4.78 is 9.99. The minimum Gasteiger partial charge on any atom is -0.462 e. The number of anilines is 1. The molecule has 6 nitrogen and oxygen atoms in total. The van der Waals surface area contributed by atoms with E-state index in [0.717, 1.165) is 0 Å². The van der Waals surface area contributed by atoms with Crippen molar-refractivity contribution in [3.63, 3.8) is 0 Å². The highest BCUT2D eigenvalue weighted by Gasteiger charge is 2.15. The predicted molar refractivity (Wildman–Crippen MR) is 97.4 cm³/mol. The minimum absolute atomic E-state index is 0.250. The fourth-order valence-corrected chi connectivity index (χ4v) is 2.04. The summed E-state index contributed by atoms with van der Waals surface area (Å²) in [6.45, 7) is 8.79. The quantitative estimate of drug-likeness (QED) is 0.577. The summed E-state index contributed by atoms with van der Waals surface area (Å²) in [6, 6.07) is 4.62. The van der Waals surface area contributed by atoms with E-state index in [1.165, 1.54) is 6.07 Å². The molecular weight excluding hydrogens is 328 g/mol. The van der Waals surface area contributed by atoms with Crippen molar-refractivity contribution in [2.75, 3.05) is 25.1 Å². The Kier molecular flexibility index (Phi) is 8.18. The van der Waals surface area contributed by atoms with Gasteiger partial charge in [-0.15, -0.1) is 0 Å². The SMILES string of the molecule is CCOC(=O)c1cc(NC(=S)NCC(C)C)cc(C(=O)OCC)c1. The molecule has 1 aromatic carbocycles. The number of carbonyl (C=O) groups excluding carboxylic acids is 2. The summed E-state index contributed by atoms with van der Waals surface area (Å²) in [5.41, 5.74) is 1.04. The second kappa shape index (κ2) is 9.87. The number of benzene rings is 1. The molecule has 7 heteroatoms. The molecule has 0 atom stereocenters. The number of esters is 2. The summed E-state index contributed by atoms with van der Waals surface area (Å²) in [7, 11) is 0. The minimum atomic E-state index is -0.507. The molecule has 0 unspecified atom stereocenters. The number of hydrogen-bond donors (Lipinski definition) is 2. The molecule has 0 saturated carbocycles. The van der Waals surface area contributed by atoms with E-state index < -0.39 is 11.9 Å². The first-order valence-electron chi connectivity index (χ1n) is 7.91. The van der Waals surface area contributed by atoms with Crippen LogP contribution in [0.25, 0.3) is 0 Å². The van der Waals surface area contributed by atoms with E-state index in [2.05, 4.69) is 24.5 Å². The van der Waals surface area contributed by atoms with Crippen LogP contribution in [0.5, 0.6) is 0 Å². The van der Waals surface area contributed by atoms with E-state index >= 15 is 0 Å². The van der Waals surface area contributed by atoms with Crippen molar-refractivity contribution in [1.29, 1.82) is 0 Å². The van der Waals surface area contributed by atoms with Crippen molar-refractivity contribution < 1.29 is 19.1 Å². The van der Waals surface area contributed by atoms with Gasteiger partial charge in [0.05, 0.1) is 24.3 Å². The first kappa shape index (κ1) is 19.9. The zero-order valence-corrected chi connectivity index (χ0v) is 15.3. The van der Waals surface area contributed by atoms with Gasteiger partial charge >= 0.3 is 11.9 Å². The van der Waals surface area contributed by atoms with E-state index in [0.29, 0.717) is 23.3 Å². The first-order chi connectivity index (χ1) is 11.4. The van der Waals surface area contributed by atoms with Crippen molar-refractivity contribution in [2.24, 2.45) is 5.92 Å². The monoisotopic (exact) mass is 352 g/mol. The molecule has 2 N–H and O–H groups in total. The van der Waals surface area contributed by atoms with Crippen LogP contribution in [-0.4, -0.2) is 36.8 Å². The van der Waals surface area contributed by atoms with Crippen LogP contribution in [0.1, 0.15) is 48.4 Å². The van der Waals surface area contributed by atoms with Gasteiger partial charge < -0.3 is 20.1 Å². The van der Waals surface area contributed by atoms with Gasteiger partial charge in [0.2, 0.25) is 0 Å². The maximum absolute atomic E-state index is 12.0. The molecular formula is C17H24N2O4S. The molecule has 0 spiro atoms. The normalized spacial score (nSPS) is 10.2. The molecule has 0 aromatic heterocycles.